The Hall–Kier alpha value is -2.61. The van der Waals surface area contributed by atoms with Gasteiger partial charge in [0.1, 0.15) is 11.4 Å². The molecule has 0 atom stereocenters. The van der Waals surface area contributed by atoms with Gasteiger partial charge in [-0.1, -0.05) is 42.5 Å². The zero-order valence-corrected chi connectivity index (χ0v) is 10.6. The van der Waals surface area contributed by atoms with Gasteiger partial charge in [-0.3, -0.25) is 0 Å². The van der Waals surface area contributed by atoms with Crippen LogP contribution in [0.15, 0.2) is 71.3 Å². The van der Waals surface area contributed by atoms with E-state index in [1.54, 1.807) is 18.4 Å². The molecule has 0 N–H and O–H groups in total. The SMILES string of the molecule is Fc1ccc(-c2coc3ccc4ccccc4c23)cc1. The van der Waals surface area contributed by atoms with Crippen LogP contribution < -0.4 is 0 Å². The summed E-state index contributed by atoms with van der Waals surface area (Å²) in [5, 5.41) is 3.40. The zero-order chi connectivity index (χ0) is 13.5. The standard InChI is InChI=1S/C18H11FO/c19-14-8-5-13(6-9-14)16-11-20-17-10-7-12-3-1-2-4-15(12)18(16)17/h1-11H. The molecule has 0 amide bonds. The van der Waals surface area contributed by atoms with Crippen molar-refractivity contribution in [2.24, 2.45) is 0 Å². The topological polar surface area (TPSA) is 13.1 Å². The maximum Gasteiger partial charge on any atom is 0.135 e. The lowest BCUT2D eigenvalue weighted by Crippen LogP contribution is -1.79. The van der Waals surface area contributed by atoms with Crippen molar-refractivity contribution in [2.75, 3.05) is 0 Å². The van der Waals surface area contributed by atoms with E-state index in [-0.39, 0.29) is 5.82 Å². The Morgan fingerprint density at radius 3 is 2.45 bits per heavy atom. The first-order valence-electron chi connectivity index (χ1n) is 6.48. The summed E-state index contributed by atoms with van der Waals surface area (Å²) in [4.78, 5) is 0. The molecule has 2 heteroatoms. The van der Waals surface area contributed by atoms with E-state index in [0.717, 1.165) is 27.5 Å². The molecular weight excluding hydrogens is 251 g/mol. The van der Waals surface area contributed by atoms with Crippen LogP contribution in [0.4, 0.5) is 4.39 Å². The van der Waals surface area contributed by atoms with Crippen molar-refractivity contribution in [3.05, 3.63) is 72.7 Å². The maximum absolute atomic E-state index is 13.1. The van der Waals surface area contributed by atoms with Crippen molar-refractivity contribution < 1.29 is 8.81 Å². The van der Waals surface area contributed by atoms with E-state index < -0.39 is 0 Å². The second-order valence-electron chi connectivity index (χ2n) is 4.82. The zero-order valence-electron chi connectivity index (χ0n) is 10.6. The van der Waals surface area contributed by atoms with Crippen LogP contribution in [0.25, 0.3) is 32.9 Å². The number of hydrogen-bond donors (Lipinski definition) is 0. The molecule has 4 rings (SSSR count). The molecule has 1 nitrogen and oxygen atoms in total. The minimum atomic E-state index is -0.230. The molecule has 96 valence electrons. The minimum absolute atomic E-state index is 0.230. The van der Waals surface area contributed by atoms with Gasteiger partial charge < -0.3 is 4.42 Å². The summed E-state index contributed by atoms with van der Waals surface area (Å²) in [7, 11) is 0. The lowest BCUT2D eigenvalue weighted by molar-refractivity contribution is 0.617. The summed E-state index contributed by atoms with van der Waals surface area (Å²) < 4.78 is 18.7. The van der Waals surface area contributed by atoms with E-state index in [4.69, 9.17) is 4.42 Å². The number of hydrogen-bond acceptors (Lipinski definition) is 1. The molecule has 1 aromatic heterocycles. The third-order valence-electron chi connectivity index (χ3n) is 3.62. The summed E-state index contributed by atoms with van der Waals surface area (Å²) in [6.45, 7) is 0. The van der Waals surface area contributed by atoms with Crippen LogP contribution in [-0.4, -0.2) is 0 Å². The fourth-order valence-corrected chi connectivity index (χ4v) is 2.65. The first kappa shape index (κ1) is 11.2. The first-order valence-corrected chi connectivity index (χ1v) is 6.48. The predicted octanol–water partition coefficient (Wildman–Crippen LogP) is 5.39. The van der Waals surface area contributed by atoms with E-state index in [1.165, 1.54) is 17.5 Å². The minimum Gasteiger partial charge on any atom is -0.464 e. The fraction of sp³-hybridized carbons (Fsp3) is 0. The molecule has 0 saturated heterocycles. The lowest BCUT2D eigenvalue weighted by Gasteiger charge is -2.02. The predicted molar refractivity (Wildman–Crippen MR) is 79.1 cm³/mol. The third-order valence-corrected chi connectivity index (χ3v) is 3.62. The molecule has 0 radical (unpaired) electrons. The molecule has 0 fully saturated rings. The molecular formula is C18H11FO. The molecule has 0 bridgehead atoms. The number of rotatable bonds is 1. The van der Waals surface area contributed by atoms with Gasteiger partial charge in [-0.25, -0.2) is 4.39 Å². The van der Waals surface area contributed by atoms with Gasteiger partial charge in [-0.2, -0.15) is 0 Å². The first-order chi connectivity index (χ1) is 9.83. The molecule has 0 aliphatic carbocycles. The van der Waals surface area contributed by atoms with Crippen molar-refractivity contribution in [2.45, 2.75) is 0 Å². The largest absolute Gasteiger partial charge is 0.464 e. The van der Waals surface area contributed by atoms with Gasteiger partial charge >= 0.3 is 0 Å². The van der Waals surface area contributed by atoms with Gasteiger partial charge in [0.2, 0.25) is 0 Å². The Labute approximate surface area is 115 Å². The van der Waals surface area contributed by atoms with Crippen LogP contribution in [0, 0.1) is 5.82 Å². The number of furan rings is 1. The summed E-state index contributed by atoms with van der Waals surface area (Å²) in [6.07, 6.45) is 1.74. The van der Waals surface area contributed by atoms with Crippen LogP contribution in [-0.2, 0) is 0 Å². The molecule has 0 aliphatic rings. The Balaban J connectivity index is 2.09. The highest BCUT2D eigenvalue weighted by Gasteiger charge is 2.11. The summed E-state index contributed by atoms with van der Waals surface area (Å²) in [5.74, 6) is -0.230. The van der Waals surface area contributed by atoms with E-state index in [0.29, 0.717) is 0 Å². The monoisotopic (exact) mass is 262 g/mol. The normalized spacial score (nSPS) is 11.2. The molecule has 0 aliphatic heterocycles. The van der Waals surface area contributed by atoms with Crippen molar-refractivity contribution >= 4 is 21.7 Å². The quantitative estimate of drug-likeness (QED) is 0.448. The number of halogens is 1. The Bertz CT molecular complexity index is 904. The van der Waals surface area contributed by atoms with E-state index in [9.17, 15) is 4.39 Å². The Morgan fingerprint density at radius 2 is 1.60 bits per heavy atom. The molecule has 0 saturated carbocycles. The maximum atomic E-state index is 13.1. The Morgan fingerprint density at radius 1 is 0.800 bits per heavy atom. The molecule has 0 unspecified atom stereocenters. The van der Waals surface area contributed by atoms with Crippen molar-refractivity contribution in [3.63, 3.8) is 0 Å². The molecule has 20 heavy (non-hydrogen) atoms. The third kappa shape index (κ3) is 1.62. The van der Waals surface area contributed by atoms with Gasteiger partial charge in [0.05, 0.1) is 6.26 Å². The highest BCUT2D eigenvalue weighted by Crippen LogP contribution is 2.35. The van der Waals surface area contributed by atoms with Crippen LogP contribution in [0.2, 0.25) is 0 Å². The van der Waals surface area contributed by atoms with Crippen molar-refractivity contribution in [1.82, 2.24) is 0 Å². The van der Waals surface area contributed by atoms with E-state index >= 15 is 0 Å². The average molecular weight is 262 g/mol. The number of fused-ring (bicyclic) bond motifs is 3. The van der Waals surface area contributed by atoms with Gasteiger partial charge in [0, 0.05) is 10.9 Å². The van der Waals surface area contributed by atoms with Crippen LogP contribution in [0.3, 0.4) is 0 Å². The van der Waals surface area contributed by atoms with Crippen LogP contribution >= 0.6 is 0 Å². The van der Waals surface area contributed by atoms with Crippen molar-refractivity contribution in [3.8, 4) is 11.1 Å². The van der Waals surface area contributed by atoms with E-state index in [1.807, 2.05) is 18.2 Å². The summed E-state index contributed by atoms with van der Waals surface area (Å²) in [5.41, 5.74) is 2.81. The van der Waals surface area contributed by atoms with Gasteiger partial charge in [0.15, 0.2) is 0 Å². The molecule has 0 spiro atoms. The second kappa shape index (κ2) is 4.20. The van der Waals surface area contributed by atoms with Crippen molar-refractivity contribution in [1.29, 1.82) is 0 Å². The molecule has 3 aromatic carbocycles. The Kier molecular flexibility index (Phi) is 2.36. The molecule has 4 aromatic rings. The molecule has 1 heterocycles. The van der Waals surface area contributed by atoms with E-state index in [2.05, 4.69) is 18.2 Å². The fourth-order valence-electron chi connectivity index (χ4n) is 2.65. The second-order valence-corrected chi connectivity index (χ2v) is 4.82. The highest BCUT2D eigenvalue weighted by atomic mass is 19.1. The smallest absolute Gasteiger partial charge is 0.135 e. The van der Waals surface area contributed by atoms with Gasteiger partial charge in [-0.15, -0.1) is 0 Å². The van der Waals surface area contributed by atoms with Crippen LogP contribution in [0.5, 0.6) is 0 Å². The summed E-state index contributed by atoms with van der Waals surface area (Å²) in [6, 6.07) is 18.7. The van der Waals surface area contributed by atoms with Crippen LogP contribution in [0.1, 0.15) is 0 Å². The number of benzene rings is 3. The highest BCUT2D eigenvalue weighted by molar-refractivity contribution is 6.12. The summed E-state index contributed by atoms with van der Waals surface area (Å²) >= 11 is 0. The lowest BCUT2D eigenvalue weighted by atomic mass is 9.99. The van der Waals surface area contributed by atoms with Gasteiger partial charge in [0.25, 0.3) is 0 Å². The van der Waals surface area contributed by atoms with Gasteiger partial charge in [-0.05, 0) is 34.5 Å². The average Bonchev–Trinajstić information content (AvgIpc) is 2.92.